The SMILES string of the molecule is c1ccc(-c2ccc(C3(c4ccc(-c5ccccc5)cc4)c4ccccc4-c4cccc(N(c5cccc6c5-c5ccccc5C65c6ccccc6-c6ccccc65)c5cccc6c5sc5ccccc56)c43)cc2)cc1. The quantitative estimate of drug-likeness (QED) is 0.154. The molecule has 0 unspecified atom stereocenters. The second kappa shape index (κ2) is 16.6. The summed E-state index contributed by atoms with van der Waals surface area (Å²) in [7, 11) is 0. The monoisotopic (exact) mass is 981 g/mol. The number of nitrogens with zero attached hydrogens (tertiary/aromatic N) is 1. The molecule has 0 fully saturated rings. The third kappa shape index (κ3) is 5.85. The number of anilines is 3. The average Bonchev–Trinajstić information content (AvgIpc) is 4.23. The van der Waals surface area contributed by atoms with Crippen molar-refractivity contribution in [3.8, 4) is 55.6 Å². The maximum atomic E-state index is 2.68. The van der Waals surface area contributed by atoms with Crippen molar-refractivity contribution in [3.05, 3.63) is 330 Å². The standard InChI is InChI=1S/C74H47NS/c1-3-20-48(21-4-1)50-40-44-52(45-41-50)73(53-46-42-51(43-47-53)49-22-5-2-6-23-49)61-31-12-9-26-56(61)58-29-17-37-67(71(58)73)75(68-38-18-30-59-57-27-11-16-39-69(57)76-72(59)68)66-36-19-35-65-70(66)60-28-10-15-34-64(60)74(65)62-32-13-7-24-54(62)55-25-8-14-33-63(55)74/h1-47H. The molecule has 1 spiro atoms. The number of hydrogen-bond acceptors (Lipinski definition) is 2. The Labute approximate surface area is 446 Å². The van der Waals surface area contributed by atoms with E-state index >= 15 is 0 Å². The first-order valence-corrected chi connectivity index (χ1v) is 27.2. The fourth-order valence-electron chi connectivity index (χ4n) is 14.0. The Hall–Kier alpha value is -9.34. The number of hydrogen-bond donors (Lipinski definition) is 0. The van der Waals surface area contributed by atoms with E-state index in [0.29, 0.717) is 0 Å². The van der Waals surface area contributed by atoms with Crippen LogP contribution in [-0.2, 0) is 10.8 Å². The largest absolute Gasteiger partial charge is 0.308 e. The fourth-order valence-corrected chi connectivity index (χ4v) is 15.2. The molecule has 16 rings (SSSR count). The predicted molar refractivity (Wildman–Crippen MR) is 318 cm³/mol. The zero-order chi connectivity index (χ0) is 50.0. The first-order chi connectivity index (χ1) is 37.7. The highest BCUT2D eigenvalue weighted by Gasteiger charge is 2.53. The zero-order valence-electron chi connectivity index (χ0n) is 41.5. The summed E-state index contributed by atoms with van der Waals surface area (Å²) in [6.45, 7) is 0. The molecule has 13 aromatic rings. The van der Waals surface area contributed by atoms with E-state index in [9.17, 15) is 0 Å². The number of thiophene rings is 1. The Morgan fingerprint density at radius 2 is 0.671 bits per heavy atom. The summed E-state index contributed by atoms with van der Waals surface area (Å²) >= 11 is 1.90. The molecule has 0 aliphatic heterocycles. The lowest BCUT2D eigenvalue weighted by molar-refractivity contribution is 0.768. The van der Waals surface area contributed by atoms with Crippen molar-refractivity contribution in [1.82, 2.24) is 0 Å². The molecule has 1 nitrogen and oxygen atoms in total. The summed E-state index contributed by atoms with van der Waals surface area (Å²) in [5.41, 5.74) is 25.0. The molecule has 0 N–H and O–H groups in total. The van der Waals surface area contributed by atoms with Crippen molar-refractivity contribution in [1.29, 1.82) is 0 Å². The molecule has 3 aliphatic rings. The Kier molecular flexibility index (Phi) is 9.40. The number of fused-ring (bicyclic) bond motifs is 16. The molecule has 76 heavy (non-hydrogen) atoms. The van der Waals surface area contributed by atoms with Crippen LogP contribution >= 0.6 is 11.3 Å². The third-order valence-electron chi connectivity index (χ3n) is 17.0. The summed E-state index contributed by atoms with van der Waals surface area (Å²) in [5, 5.41) is 2.55. The zero-order valence-corrected chi connectivity index (χ0v) is 42.3. The van der Waals surface area contributed by atoms with Crippen molar-refractivity contribution < 1.29 is 0 Å². The van der Waals surface area contributed by atoms with Crippen molar-refractivity contribution in [2.75, 3.05) is 4.90 Å². The van der Waals surface area contributed by atoms with Gasteiger partial charge >= 0.3 is 0 Å². The van der Waals surface area contributed by atoms with Gasteiger partial charge in [-0.2, -0.15) is 0 Å². The lowest BCUT2D eigenvalue weighted by atomic mass is 9.66. The first kappa shape index (κ1) is 43.1. The van der Waals surface area contributed by atoms with Crippen molar-refractivity contribution in [3.63, 3.8) is 0 Å². The Bertz CT molecular complexity index is 4320. The normalized spacial score (nSPS) is 13.7. The molecule has 1 aromatic heterocycles. The van der Waals surface area contributed by atoms with Crippen LogP contribution in [0, 0.1) is 0 Å². The van der Waals surface area contributed by atoms with E-state index < -0.39 is 10.8 Å². The van der Waals surface area contributed by atoms with E-state index in [1.165, 1.54) is 120 Å². The van der Waals surface area contributed by atoms with Crippen molar-refractivity contribution >= 4 is 48.6 Å². The van der Waals surface area contributed by atoms with E-state index in [1.807, 2.05) is 11.3 Å². The highest BCUT2D eigenvalue weighted by atomic mass is 32.1. The molecule has 354 valence electrons. The van der Waals surface area contributed by atoms with Crippen molar-refractivity contribution in [2.24, 2.45) is 0 Å². The lowest BCUT2D eigenvalue weighted by Crippen LogP contribution is -2.30. The highest BCUT2D eigenvalue weighted by Crippen LogP contribution is 2.66. The molecule has 0 saturated carbocycles. The van der Waals surface area contributed by atoms with Gasteiger partial charge in [0.25, 0.3) is 0 Å². The number of benzene rings is 12. The van der Waals surface area contributed by atoms with Gasteiger partial charge in [0.2, 0.25) is 0 Å². The summed E-state index contributed by atoms with van der Waals surface area (Å²) in [5.74, 6) is 0. The fraction of sp³-hybridized carbons (Fsp3) is 0.0270. The minimum Gasteiger partial charge on any atom is -0.308 e. The lowest BCUT2D eigenvalue weighted by Gasteiger charge is -2.38. The summed E-state index contributed by atoms with van der Waals surface area (Å²) < 4.78 is 2.54. The molecule has 0 atom stereocenters. The minimum absolute atomic E-state index is 0.510. The molecular formula is C74H47NS. The first-order valence-electron chi connectivity index (χ1n) is 26.4. The Morgan fingerprint density at radius 1 is 0.263 bits per heavy atom. The van der Waals surface area contributed by atoms with Crippen molar-refractivity contribution in [2.45, 2.75) is 10.8 Å². The number of rotatable bonds is 7. The van der Waals surface area contributed by atoms with Gasteiger partial charge < -0.3 is 4.90 Å². The van der Waals surface area contributed by atoms with E-state index in [-0.39, 0.29) is 0 Å². The molecule has 0 bridgehead atoms. The van der Waals surface area contributed by atoms with Gasteiger partial charge in [-0.25, -0.2) is 0 Å². The van der Waals surface area contributed by atoms with Gasteiger partial charge in [0.05, 0.1) is 32.6 Å². The summed E-state index contributed by atoms with van der Waals surface area (Å²) in [4.78, 5) is 2.68. The molecule has 1 heterocycles. The molecule has 3 aliphatic carbocycles. The second-order valence-electron chi connectivity index (χ2n) is 20.6. The van der Waals surface area contributed by atoms with E-state index in [0.717, 1.165) is 17.1 Å². The minimum atomic E-state index is -0.736. The molecule has 0 saturated heterocycles. The summed E-state index contributed by atoms with van der Waals surface area (Å²) in [6, 6.07) is 107. The van der Waals surface area contributed by atoms with Crippen LogP contribution in [0.1, 0.15) is 44.5 Å². The van der Waals surface area contributed by atoms with Crippen LogP contribution in [0.5, 0.6) is 0 Å². The molecule has 0 radical (unpaired) electrons. The van der Waals surface area contributed by atoms with Gasteiger partial charge in [0.1, 0.15) is 0 Å². The second-order valence-corrected chi connectivity index (χ2v) is 21.6. The molecule has 12 aromatic carbocycles. The van der Waals surface area contributed by atoms with Crippen LogP contribution in [0.3, 0.4) is 0 Å². The van der Waals surface area contributed by atoms with E-state index in [4.69, 9.17) is 0 Å². The summed E-state index contributed by atoms with van der Waals surface area (Å²) in [6.07, 6.45) is 0. The Morgan fingerprint density at radius 3 is 1.29 bits per heavy atom. The smallest absolute Gasteiger partial charge is 0.0734 e. The molecular weight excluding hydrogens is 935 g/mol. The maximum Gasteiger partial charge on any atom is 0.0734 e. The topological polar surface area (TPSA) is 3.24 Å². The van der Waals surface area contributed by atoms with Crippen LogP contribution in [-0.4, -0.2) is 0 Å². The van der Waals surface area contributed by atoms with Gasteiger partial charge in [0.15, 0.2) is 0 Å². The van der Waals surface area contributed by atoms with Gasteiger partial charge in [0, 0.05) is 26.6 Å². The van der Waals surface area contributed by atoms with Crippen LogP contribution in [0.15, 0.2) is 285 Å². The van der Waals surface area contributed by atoms with E-state index in [1.54, 1.807) is 0 Å². The predicted octanol–water partition coefficient (Wildman–Crippen LogP) is 19.6. The van der Waals surface area contributed by atoms with Crippen LogP contribution in [0.2, 0.25) is 0 Å². The maximum absolute atomic E-state index is 2.68. The van der Waals surface area contributed by atoms with Gasteiger partial charge in [-0.3, -0.25) is 0 Å². The van der Waals surface area contributed by atoms with Crippen LogP contribution in [0.4, 0.5) is 17.1 Å². The molecule has 2 heteroatoms. The van der Waals surface area contributed by atoms with Gasteiger partial charge in [-0.1, -0.05) is 261 Å². The van der Waals surface area contributed by atoms with Gasteiger partial charge in [-0.05, 0) is 113 Å². The third-order valence-corrected chi connectivity index (χ3v) is 18.2. The highest BCUT2D eigenvalue weighted by molar-refractivity contribution is 7.26. The van der Waals surface area contributed by atoms with Gasteiger partial charge in [-0.15, -0.1) is 11.3 Å². The molecule has 0 amide bonds. The Balaban J connectivity index is 1.04. The van der Waals surface area contributed by atoms with E-state index in [2.05, 4.69) is 290 Å². The average molecular weight is 982 g/mol. The van der Waals surface area contributed by atoms with Crippen LogP contribution < -0.4 is 4.90 Å². The van der Waals surface area contributed by atoms with Crippen LogP contribution in [0.25, 0.3) is 75.8 Å².